The molecule has 7 heteroatoms. The number of carbonyl (C=O) groups is 2. The van der Waals surface area contributed by atoms with Crippen LogP contribution in [0.2, 0.25) is 0 Å². The van der Waals surface area contributed by atoms with E-state index in [-0.39, 0.29) is 29.6 Å². The Kier molecular flexibility index (Phi) is 9.31. The van der Waals surface area contributed by atoms with Crippen molar-refractivity contribution in [2.45, 2.75) is 39.0 Å². The van der Waals surface area contributed by atoms with Crippen LogP contribution in [-0.2, 0) is 9.53 Å². The van der Waals surface area contributed by atoms with E-state index in [1.165, 1.54) is 31.4 Å². The third-order valence-electron chi connectivity index (χ3n) is 4.04. The number of nitrogens with one attached hydrogen (secondary N) is 1. The minimum Gasteiger partial charge on any atom is -0.507 e. The van der Waals surface area contributed by atoms with E-state index in [0.29, 0.717) is 18.7 Å². The summed E-state index contributed by atoms with van der Waals surface area (Å²) in [5.74, 6) is -0.844. The standard InChI is InChI=1S/C18H26N2O4.ClH/c1-2-12-24-18(23)15-7-6-14(13-16(15)21)19-17(22)8-11-20-9-4-3-5-10-20;/h6-7,13,21H,2-5,8-12H2,1H3,(H,19,22);1H. The fraction of sp³-hybridized carbons (Fsp3) is 0.556. The van der Waals surface area contributed by atoms with Gasteiger partial charge < -0.3 is 20.1 Å². The van der Waals surface area contributed by atoms with E-state index in [1.807, 2.05) is 6.92 Å². The Morgan fingerprint density at radius 1 is 1.24 bits per heavy atom. The molecule has 1 aliphatic rings. The number of benzene rings is 1. The Bertz CT molecular complexity index is 574. The third kappa shape index (κ3) is 6.92. The average molecular weight is 371 g/mol. The van der Waals surface area contributed by atoms with Crippen molar-refractivity contribution in [2.75, 3.05) is 31.6 Å². The Morgan fingerprint density at radius 2 is 1.96 bits per heavy atom. The van der Waals surface area contributed by atoms with Crippen LogP contribution in [0, 0.1) is 0 Å². The van der Waals surface area contributed by atoms with Gasteiger partial charge in [0, 0.05) is 24.7 Å². The van der Waals surface area contributed by atoms with E-state index >= 15 is 0 Å². The number of aromatic hydroxyl groups is 1. The van der Waals surface area contributed by atoms with Crippen molar-refractivity contribution >= 4 is 30.0 Å². The van der Waals surface area contributed by atoms with E-state index in [0.717, 1.165) is 26.1 Å². The summed E-state index contributed by atoms with van der Waals surface area (Å²) < 4.78 is 4.99. The van der Waals surface area contributed by atoms with Crippen LogP contribution < -0.4 is 5.32 Å². The molecule has 25 heavy (non-hydrogen) atoms. The summed E-state index contributed by atoms with van der Waals surface area (Å²) in [6, 6.07) is 4.44. The Morgan fingerprint density at radius 3 is 2.60 bits per heavy atom. The van der Waals surface area contributed by atoms with Gasteiger partial charge in [-0.05, 0) is 44.5 Å². The van der Waals surface area contributed by atoms with Gasteiger partial charge in [0.25, 0.3) is 0 Å². The minimum absolute atomic E-state index is 0. The second-order valence-electron chi connectivity index (χ2n) is 6.07. The highest BCUT2D eigenvalue weighted by Crippen LogP contribution is 2.23. The molecule has 6 nitrogen and oxygen atoms in total. The topological polar surface area (TPSA) is 78.9 Å². The molecule has 140 valence electrons. The predicted molar refractivity (Wildman–Crippen MR) is 99.5 cm³/mol. The number of rotatable bonds is 7. The number of likely N-dealkylation sites (tertiary alicyclic amines) is 1. The summed E-state index contributed by atoms with van der Waals surface area (Å²) in [5.41, 5.74) is 0.581. The number of nitrogens with zero attached hydrogens (tertiary/aromatic N) is 1. The number of phenolic OH excluding ortho intramolecular Hbond substituents is 1. The number of halogens is 1. The van der Waals surface area contributed by atoms with Crippen molar-refractivity contribution in [1.82, 2.24) is 4.90 Å². The summed E-state index contributed by atoms with van der Waals surface area (Å²) in [6.45, 7) is 5.08. The van der Waals surface area contributed by atoms with Crippen molar-refractivity contribution in [3.05, 3.63) is 23.8 Å². The molecule has 1 heterocycles. The Labute approximate surface area is 154 Å². The Balaban J connectivity index is 0.00000312. The van der Waals surface area contributed by atoms with Gasteiger partial charge in [0.1, 0.15) is 11.3 Å². The molecule has 1 saturated heterocycles. The molecule has 0 aliphatic carbocycles. The van der Waals surface area contributed by atoms with E-state index in [2.05, 4.69) is 10.2 Å². The van der Waals surface area contributed by atoms with Crippen molar-refractivity contribution in [2.24, 2.45) is 0 Å². The number of hydrogen-bond acceptors (Lipinski definition) is 5. The van der Waals surface area contributed by atoms with E-state index in [4.69, 9.17) is 4.74 Å². The number of ether oxygens (including phenoxy) is 1. The lowest BCUT2D eigenvalue weighted by Crippen LogP contribution is -2.32. The molecule has 0 saturated carbocycles. The zero-order valence-electron chi connectivity index (χ0n) is 14.6. The van der Waals surface area contributed by atoms with Gasteiger partial charge in [0.2, 0.25) is 5.91 Å². The molecule has 1 aliphatic heterocycles. The van der Waals surface area contributed by atoms with Crippen LogP contribution in [-0.4, -0.2) is 48.1 Å². The smallest absolute Gasteiger partial charge is 0.341 e. The number of amides is 1. The minimum atomic E-state index is -0.558. The van der Waals surface area contributed by atoms with Crippen molar-refractivity contribution in [3.63, 3.8) is 0 Å². The average Bonchev–Trinajstić information content (AvgIpc) is 2.59. The van der Waals surface area contributed by atoms with Gasteiger partial charge in [-0.15, -0.1) is 12.4 Å². The molecular weight excluding hydrogens is 344 g/mol. The highest BCUT2D eigenvalue weighted by molar-refractivity contribution is 5.95. The number of piperidine rings is 1. The maximum absolute atomic E-state index is 12.0. The molecule has 0 spiro atoms. The maximum Gasteiger partial charge on any atom is 0.341 e. The molecule has 0 aromatic heterocycles. The van der Waals surface area contributed by atoms with Crippen LogP contribution in [0.1, 0.15) is 49.4 Å². The quantitative estimate of drug-likeness (QED) is 0.720. The summed E-state index contributed by atoms with van der Waals surface area (Å²) in [6.07, 6.45) is 4.81. The van der Waals surface area contributed by atoms with E-state index in [1.54, 1.807) is 6.07 Å². The van der Waals surface area contributed by atoms with Gasteiger partial charge in [-0.25, -0.2) is 4.79 Å². The summed E-state index contributed by atoms with van der Waals surface area (Å²) in [7, 11) is 0. The SMILES string of the molecule is CCCOC(=O)c1ccc(NC(=O)CCN2CCCCC2)cc1O.Cl. The number of carbonyl (C=O) groups excluding carboxylic acids is 2. The van der Waals surface area contributed by atoms with Crippen LogP contribution >= 0.6 is 12.4 Å². The largest absolute Gasteiger partial charge is 0.507 e. The van der Waals surface area contributed by atoms with Crippen LogP contribution in [0.5, 0.6) is 5.75 Å². The fourth-order valence-corrected chi connectivity index (χ4v) is 2.72. The lowest BCUT2D eigenvalue weighted by Gasteiger charge is -2.25. The zero-order chi connectivity index (χ0) is 17.4. The van der Waals surface area contributed by atoms with Gasteiger partial charge in [0.15, 0.2) is 0 Å². The molecule has 1 amide bonds. The van der Waals surface area contributed by atoms with Crippen molar-refractivity contribution in [3.8, 4) is 5.75 Å². The second-order valence-corrected chi connectivity index (χ2v) is 6.07. The normalized spacial score (nSPS) is 14.4. The molecule has 1 fully saturated rings. The Hall–Kier alpha value is -1.79. The van der Waals surface area contributed by atoms with Gasteiger partial charge in [0.05, 0.1) is 6.61 Å². The van der Waals surface area contributed by atoms with Crippen molar-refractivity contribution in [1.29, 1.82) is 0 Å². The molecule has 1 aromatic rings. The molecule has 0 bridgehead atoms. The summed E-state index contributed by atoms with van der Waals surface area (Å²) in [5, 5.41) is 12.7. The van der Waals surface area contributed by atoms with Gasteiger partial charge >= 0.3 is 5.97 Å². The number of esters is 1. The molecule has 0 radical (unpaired) electrons. The monoisotopic (exact) mass is 370 g/mol. The van der Waals surface area contributed by atoms with E-state index in [9.17, 15) is 14.7 Å². The number of phenols is 1. The molecule has 2 rings (SSSR count). The fourth-order valence-electron chi connectivity index (χ4n) is 2.72. The number of hydrogen-bond donors (Lipinski definition) is 2. The first-order valence-electron chi connectivity index (χ1n) is 8.62. The molecule has 0 atom stereocenters. The first-order chi connectivity index (χ1) is 11.6. The van der Waals surface area contributed by atoms with Crippen LogP contribution in [0.3, 0.4) is 0 Å². The molecule has 0 unspecified atom stereocenters. The van der Waals surface area contributed by atoms with Gasteiger partial charge in [-0.3, -0.25) is 4.79 Å². The first kappa shape index (κ1) is 21.3. The first-order valence-corrected chi connectivity index (χ1v) is 8.62. The van der Waals surface area contributed by atoms with Crippen LogP contribution in [0.25, 0.3) is 0 Å². The molecule has 2 N–H and O–H groups in total. The lowest BCUT2D eigenvalue weighted by molar-refractivity contribution is -0.116. The summed E-state index contributed by atoms with van der Waals surface area (Å²) in [4.78, 5) is 26.1. The second kappa shape index (κ2) is 10.9. The van der Waals surface area contributed by atoms with Crippen LogP contribution in [0.15, 0.2) is 18.2 Å². The van der Waals surface area contributed by atoms with Gasteiger partial charge in [-0.1, -0.05) is 13.3 Å². The molecular formula is C18H27ClN2O4. The highest BCUT2D eigenvalue weighted by Gasteiger charge is 2.15. The highest BCUT2D eigenvalue weighted by atomic mass is 35.5. The van der Waals surface area contributed by atoms with Crippen LogP contribution in [0.4, 0.5) is 5.69 Å². The number of anilines is 1. The third-order valence-corrected chi connectivity index (χ3v) is 4.04. The zero-order valence-corrected chi connectivity index (χ0v) is 15.4. The predicted octanol–water partition coefficient (Wildman–Crippen LogP) is 3.20. The maximum atomic E-state index is 12.0. The van der Waals surface area contributed by atoms with E-state index < -0.39 is 5.97 Å². The van der Waals surface area contributed by atoms with Gasteiger partial charge in [-0.2, -0.15) is 0 Å². The van der Waals surface area contributed by atoms with Crippen molar-refractivity contribution < 1.29 is 19.4 Å². The molecule has 1 aromatic carbocycles. The summed E-state index contributed by atoms with van der Waals surface area (Å²) >= 11 is 0. The lowest BCUT2D eigenvalue weighted by atomic mass is 10.1.